The summed E-state index contributed by atoms with van der Waals surface area (Å²) in [6, 6.07) is 6.58. The van der Waals surface area contributed by atoms with Crippen LogP contribution in [0, 0.1) is 0 Å². The number of urea groups is 1. The lowest BCUT2D eigenvalue weighted by atomic mass is 10.3. The maximum Gasteiger partial charge on any atom is 0.320 e. The Bertz CT molecular complexity index is 644. The van der Waals surface area contributed by atoms with E-state index >= 15 is 0 Å². The van der Waals surface area contributed by atoms with Crippen LogP contribution in [0.2, 0.25) is 5.02 Å². The van der Waals surface area contributed by atoms with Crippen LogP contribution in [0.5, 0.6) is 0 Å². The van der Waals surface area contributed by atoms with Crippen molar-refractivity contribution in [1.29, 1.82) is 0 Å². The summed E-state index contributed by atoms with van der Waals surface area (Å²) in [7, 11) is 0. The van der Waals surface area contributed by atoms with Gasteiger partial charge >= 0.3 is 6.03 Å². The zero-order valence-electron chi connectivity index (χ0n) is 13.0. The van der Waals surface area contributed by atoms with Crippen molar-refractivity contribution in [3.8, 4) is 0 Å². The molecule has 128 valence electrons. The van der Waals surface area contributed by atoms with Crippen molar-refractivity contribution in [3.63, 3.8) is 0 Å². The number of rotatable bonds is 3. The summed E-state index contributed by atoms with van der Waals surface area (Å²) in [4.78, 5) is 26.9. The number of ether oxygens (including phenoxy) is 1. The number of halogens is 1. The fourth-order valence-corrected chi connectivity index (χ4v) is 3.67. The van der Waals surface area contributed by atoms with Gasteiger partial charge in [-0.05, 0) is 30.7 Å². The first-order valence-corrected chi connectivity index (χ1v) is 8.94. The largest absolute Gasteiger partial charge is 0.378 e. The van der Waals surface area contributed by atoms with Crippen molar-refractivity contribution in [3.05, 3.63) is 40.3 Å². The Labute approximate surface area is 149 Å². The monoisotopic (exact) mass is 367 g/mol. The van der Waals surface area contributed by atoms with Gasteiger partial charge in [0.15, 0.2) is 0 Å². The first kappa shape index (κ1) is 17.1. The normalized spacial score (nSPS) is 20.5. The van der Waals surface area contributed by atoms with Crippen molar-refractivity contribution in [2.75, 3.05) is 31.6 Å². The van der Waals surface area contributed by atoms with Crippen LogP contribution in [0.25, 0.3) is 0 Å². The van der Waals surface area contributed by atoms with E-state index in [1.165, 1.54) is 11.8 Å². The van der Waals surface area contributed by atoms with Gasteiger partial charge in [-0.3, -0.25) is 4.79 Å². The number of morpholine rings is 1. The summed E-state index contributed by atoms with van der Waals surface area (Å²) in [5.74, 6) is 0.0192. The summed E-state index contributed by atoms with van der Waals surface area (Å²) in [6.07, 6.45) is 2.51. The molecule has 1 atom stereocenters. The smallest absolute Gasteiger partial charge is 0.320 e. The number of carbonyl (C=O) groups excluding carboxylic acids is 2. The second kappa shape index (κ2) is 7.92. The first-order chi connectivity index (χ1) is 11.6. The lowest BCUT2D eigenvalue weighted by Gasteiger charge is -2.27. The molecule has 2 aliphatic rings. The molecular weight excluding hydrogens is 350 g/mol. The van der Waals surface area contributed by atoms with Gasteiger partial charge in [0, 0.05) is 23.8 Å². The van der Waals surface area contributed by atoms with Gasteiger partial charge < -0.3 is 20.3 Å². The number of hydrogen-bond donors (Lipinski definition) is 2. The molecule has 2 heterocycles. The number of carbonyl (C=O) groups is 2. The minimum Gasteiger partial charge on any atom is -0.378 e. The topological polar surface area (TPSA) is 70.7 Å². The Kier molecular flexibility index (Phi) is 5.65. The average molecular weight is 368 g/mol. The average Bonchev–Trinajstić information content (AvgIpc) is 3.05. The maximum absolute atomic E-state index is 12.4. The lowest BCUT2D eigenvalue weighted by Crippen LogP contribution is -2.41. The van der Waals surface area contributed by atoms with Crippen molar-refractivity contribution in [2.45, 2.75) is 11.8 Å². The highest BCUT2D eigenvalue weighted by molar-refractivity contribution is 8.04. The van der Waals surface area contributed by atoms with Gasteiger partial charge in [0.25, 0.3) is 5.91 Å². The van der Waals surface area contributed by atoms with Gasteiger partial charge in [-0.2, -0.15) is 0 Å². The Hall–Kier alpha value is -1.70. The predicted molar refractivity (Wildman–Crippen MR) is 95.1 cm³/mol. The third kappa shape index (κ3) is 4.43. The zero-order valence-corrected chi connectivity index (χ0v) is 14.5. The van der Waals surface area contributed by atoms with Crippen molar-refractivity contribution < 1.29 is 14.3 Å². The molecule has 0 bridgehead atoms. The second-order valence-electron chi connectivity index (χ2n) is 5.42. The van der Waals surface area contributed by atoms with E-state index in [1.807, 2.05) is 6.08 Å². The van der Waals surface area contributed by atoms with E-state index in [0.717, 1.165) is 0 Å². The summed E-state index contributed by atoms with van der Waals surface area (Å²) < 4.78 is 5.26. The van der Waals surface area contributed by atoms with Gasteiger partial charge in [-0.25, -0.2) is 4.79 Å². The van der Waals surface area contributed by atoms with Crippen LogP contribution in [0.15, 0.2) is 35.2 Å². The van der Waals surface area contributed by atoms with Crippen molar-refractivity contribution in [1.82, 2.24) is 10.2 Å². The lowest BCUT2D eigenvalue weighted by molar-refractivity contribution is -0.130. The van der Waals surface area contributed by atoms with E-state index in [2.05, 4.69) is 10.6 Å². The Morgan fingerprint density at radius 3 is 2.62 bits per heavy atom. The standard InChI is InChI=1S/C16H18ClN3O3S/c17-11-1-3-12(4-2-11)18-16(22)19-14-6-5-13(24-14)15(21)20-7-9-23-10-8-20/h1-5,14H,6-10H2,(H2,18,19,22). The molecule has 1 unspecified atom stereocenters. The van der Waals surface area contributed by atoms with E-state index in [0.29, 0.717) is 48.3 Å². The molecule has 0 aliphatic carbocycles. The van der Waals surface area contributed by atoms with E-state index < -0.39 is 0 Å². The number of nitrogens with one attached hydrogen (secondary N) is 2. The number of thioether (sulfide) groups is 1. The summed E-state index contributed by atoms with van der Waals surface area (Å²) in [5, 5.41) is 6.08. The number of nitrogens with zero attached hydrogens (tertiary/aromatic N) is 1. The molecule has 1 aromatic rings. The molecule has 1 saturated heterocycles. The number of amides is 3. The van der Waals surface area contributed by atoms with E-state index in [9.17, 15) is 9.59 Å². The van der Waals surface area contributed by atoms with E-state index in [1.54, 1.807) is 29.2 Å². The summed E-state index contributed by atoms with van der Waals surface area (Å²) >= 11 is 7.20. The number of benzene rings is 1. The molecule has 6 nitrogen and oxygen atoms in total. The van der Waals surface area contributed by atoms with Crippen LogP contribution in [-0.2, 0) is 9.53 Å². The highest BCUT2D eigenvalue weighted by atomic mass is 35.5. The molecule has 24 heavy (non-hydrogen) atoms. The Balaban J connectivity index is 1.47. The number of hydrogen-bond acceptors (Lipinski definition) is 4. The summed E-state index contributed by atoms with van der Waals surface area (Å²) in [5.41, 5.74) is 0.664. The molecule has 8 heteroatoms. The van der Waals surface area contributed by atoms with Gasteiger partial charge in [0.1, 0.15) is 0 Å². The van der Waals surface area contributed by atoms with Crippen LogP contribution >= 0.6 is 23.4 Å². The molecule has 1 fully saturated rings. The van der Waals surface area contributed by atoms with Gasteiger partial charge in [-0.15, -0.1) is 0 Å². The minimum atomic E-state index is -0.303. The molecule has 3 rings (SSSR count). The van der Waals surface area contributed by atoms with Crippen LogP contribution < -0.4 is 10.6 Å². The SMILES string of the molecule is O=C(Nc1ccc(Cl)cc1)NC1CC=C(C(=O)N2CCOCC2)S1. The van der Waals surface area contributed by atoms with Gasteiger partial charge in [-0.1, -0.05) is 29.4 Å². The fourth-order valence-electron chi connectivity index (χ4n) is 2.46. The third-order valence-electron chi connectivity index (χ3n) is 3.69. The highest BCUT2D eigenvalue weighted by Crippen LogP contribution is 2.32. The van der Waals surface area contributed by atoms with Crippen LogP contribution in [0.4, 0.5) is 10.5 Å². The van der Waals surface area contributed by atoms with Gasteiger partial charge in [0.2, 0.25) is 0 Å². The minimum absolute atomic E-state index is 0.0192. The fraction of sp³-hybridized carbons (Fsp3) is 0.375. The molecule has 0 saturated carbocycles. The van der Waals surface area contributed by atoms with E-state index in [4.69, 9.17) is 16.3 Å². The van der Waals surface area contributed by atoms with Crippen LogP contribution in [-0.4, -0.2) is 48.5 Å². The third-order valence-corrected chi connectivity index (χ3v) is 5.13. The molecule has 1 aromatic carbocycles. The van der Waals surface area contributed by atoms with E-state index in [-0.39, 0.29) is 17.3 Å². The van der Waals surface area contributed by atoms with Crippen LogP contribution in [0.3, 0.4) is 0 Å². The van der Waals surface area contributed by atoms with Gasteiger partial charge in [0.05, 0.1) is 23.5 Å². The number of anilines is 1. The Morgan fingerprint density at radius 1 is 1.21 bits per heavy atom. The van der Waals surface area contributed by atoms with Crippen molar-refractivity contribution in [2.24, 2.45) is 0 Å². The predicted octanol–water partition coefficient (Wildman–Crippen LogP) is 2.67. The molecule has 0 spiro atoms. The maximum atomic E-state index is 12.4. The molecule has 0 radical (unpaired) electrons. The second-order valence-corrected chi connectivity index (χ2v) is 7.10. The first-order valence-electron chi connectivity index (χ1n) is 7.69. The molecule has 0 aromatic heterocycles. The molecular formula is C16H18ClN3O3S. The zero-order chi connectivity index (χ0) is 16.9. The molecule has 3 amide bonds. The summed E-state index contributed by atoms with van der Waals surface area (Å²) in [6.45, 7) is 2.39. The molecule has 2 aliphatic heterocycles. The highest BCUT2D eigenvalue weighted by Gasteiger charge is 2.28. The quantitative estimate of drug-likeness (QED) is 0.861. The molecule has 2 N–H and O–H groups in total. The van der Waals surface area contributed by atoms with Crippen LogP contribution in [0.1, 0.15) is 6.42 Å². The Morgan fingerprint density at radius 2 is 1.92 bits per heavy atom. The van der Waals surface area contributed by atoms with Crippen molar-refractivity contribution >= 4 is 41.0 Å².